The molecule has 2 amide bonds. The summed E-state index contributed by atoms with van der Waals surface area (Å²) in [6.45, 7) is 3.11. The van der Waals surface area contributed by atoms with E-state index in [1.165, 1.54) is 34.3 Å². The van der Waals surface area contributed by atoms with Crippen LogP contribution in [0.2, 0.25) is 0 Å². The lowest BCUT2D eigenvalue weighted by molar-refractivity contribution is -0.455. The van der Waals surface area contributed by atoms with Gasteiger partial charge in [0.1, 0.15) is 24.6 Å². The van der Waals surface area contributed by atoms with Gasteiger partial charge >= 0.3 is 23.8 Å². The van der Waals surface area contributed by atoms with Crippen molar-refractivity contribution in [1.82, 2.24) is 9.97 Å². The van der Waals surface area contributed by atoms with E-state index in [4.69, 9.17) is 9.47 Å². The van der Waals surface area contributed by atoms with Crippen molar-refractivity contribution in [3.8, 4) is 0 Å². The van der Waals surface area contributed by atoms with Crippen LogP contribution in [-0.2, 0) is 19.1 Å². The van der Waals surface area contributed by atoms with Gasteiger partial charge in [-0.3, -0.25) is 9.59 Å². The maximum Gasteiger partial charge on any atom is 0.338 e. The van der Waals surface area contributed by atoms with Crippen LogP contribution in [0.25, 0.3) is 0 Å². The summed E-state index contributed by atoms with van der Waals surface area (Å²) >= 11 is 0. The highest BCUT2D eigenvalue weighted by atomic mass is 16.6. The topological polar surface area (TPSA) is 196 Å². The number of hydrogen-bond donors (Lipinski definition) is 2. The molecular weight excluding hydrogens is 644 g/mol. The highest BCUT2D eigenvalue weighted by molar-refractivity contribution is 6.14. The number of amides is 2. The Hall–Kier alpha value is -6.84. The van der Waals surface area contributed by atoms with Crippen molar-refractivity contribution in [3.05, 3.63) is 108 Å². The second-order valence-corrected chi connectivity index (χ2v) is 10.9. The van der Waals surface area contributed by atoms with E-state index in [1.54, 1.807) is 86.9 Å². The van der Waals surface area contributed by atoms with Crippen molar-refractivity contribution in [2.45, 2.75) is 25.9 Å². The Bertz CT molecular complexity index is 1870. The van der Waals surface area contributed by atoms with E-state index < -0.39 is 24.0 Å². The summed E-state index contributed by atoms with van der Waals surface area (Å²) in [5.74, 6) is -1.16. The second kappa shape index (κ2) is 14.9. The van der Waals surface area contributed by atoms with Crippen molar-refractivity contribution in [2.75, 3.05) is 23.2 Å². The number of esters is 2. The molecule has 4 heterocycles. The molecule has 2 aromatic heterocycles. The van der Waals surface area contributed by atoms with Crippen LogP contribution in [0.1, 0.15) is 34.6 Å². The molecule has 0 saturated heterocycles. The Kier molecular flexibility index (Phi) is 9.88. The van der Waals surface area contributed by atoms with Crippen molar-refractivity contribution in [3.63, 3.8) is 0 Å². The molecule has 4 aromatic rings. The zero-order valence-corrected chi connectivity index (χ0v) is 26.8. The van der Waals surface area contributed by atoms with Crippen LogP contribution in [-0.4, -0.2) is 70.4 Å². The first-order valence-corrected chi connectivity index (χ1v) is 15.3. The van der Waals surface area contributed by atoms with Crippen LogP contribution in [0.3, 0.4) is 0 Å². The minimum atomic E-state index is -0.828. The van der Waals surface area contributed by atoms with E-state index >= 15 is 0 Å². The quantitative estimate of drug-likeness (QED) is 0.135. The molecule has 2 aromatic carbocycles. The van der Waals surface area contributed by atoms with Crippen molar-refractivity contribution < 1.29 is 38.9 Å². The summed E-state index contributed by atoms with van der Waals surface area (Å²) in [5, 5.41) is 25.0. The van der Waals surface area contributed by atoms with E-state index in [1.807, 2.05) is 0 Å². The van der Waals surface area contributed by atoms with Crippen LogP contribution < -0.4 is 20.2 Å². The minimum absolute atomic E-state index is 0.177. The molecule has 0 spiro atoms. The molecule has 250 valence electrons. The lowest BCUT2D eigenvalue weighted by atomic mass is 10.2. The first-order chi connectivity index (χ1) is 24.3. The molecule has 0 aliphatic carbocycles. The van der Waals surface area contributed by atoms with Crippen LogP contribution in [0.5, 0.6) is 0 Å². The SMILES string of the molecule is CC1=[NH+]N(c2ccc(C(=O)OCCOC(=O)c3ccc(N4[NH+]=C(C)C(N=Nc5ccccn5)C4=O)cc3)cc2)C(=O)C1N=Nc1ccccn1. The molecule has 0 radical (unpaired) electrons. The van der Waals surface area contributed by atoms with Crippen LogP contribution in [0.4, 0.5) is 23.0 Å². The average molecular weight is 675 g/mol. The number of hydrazone groups is 2. The molecule has 0 fully saturated rings. The Morgan fingerprint density at radius 3 is 1.40 bits per heavy atom. The first kappa shape index (κ1) is 33.1. The first-order valence-electron chi connectivity index (χ1n) is 15.3. The number of pyridine rings is 2. The zero-order chi connectivity index (χ0) is 35.0. The normalized spacial score (nSPS) is 17.4. The lowest BCUT2D eigenvalue weighted by Crippen LogP contribution is -2.81. The third-order valence-electron chi connectivity index (χ3n) is 7.43. The molecule has 16 nitrogen and oxygen atoms in total. The lowest BCUT2D eigenvalue weighted by Gasteiger charge is -2.10. The van der Waals surface area contributed by atoms with Gasteiger partial charge < -0.3 is 9.47 Å². The van der Waals surface area contributed by atoms with Gasteiger partial charge in [-0.1, -0.05) is 22.2 Å². The molecule has 2 atom stereocenters. The van der Waals surface area contributed by atoms with Crippen LogP contribution in [0.15, 0.2) is 118 Å². The number of carbonyl (C=O) groups excluding carboxylic acids is 4. The third-order valence-corrected chi connectivity index (χ3v) is 7.43. The fourth-order valence-electron chi connectivity index (χ4n) is 4.84. The minimum Gasteiger partial charge on any atom is -0.458 e. The monoisotopic (exact) mass is 674 g/mol. The standard InChI is InChI=1S/C34H28N10O6/c1-21-29(39-37-27-7-3-5-17-35-27)31(45)43(41-21)25-13-9-23(10-14-25)33(47)49-19-20-50-34(48)24-11-15-26(16-12-24)44-32(46)30(22(2)42-44)40-38-28-8-4-6-18-36-28/h3-18,29-30H,19-20H2,1-2H3/p+2. The van der Waals surface area contributed by atoms with Crippen LogP contribution >= 0.6 is 0 Å². The summed E-state index contributed by atoms with van der Waals surface area (Å²) in [7, 11) is 0. The highest BCUT2D eigenvalue weighted by Crippen LogP contribution is 2.19. The molecule has 2 unspecified atom stereocenters. The van der Waals surface area contributed by atoms with Gasteiger partial charge in [-0.25, -0.2) is 19.6 Å². The summed E-state index contributed by atoms with van der Waals surface area (Å²) < 4.78 is 10.5. The number of ether oxygens (including phenoxy) is 2. The third kappa shape index (κ3) is 7.49. The van der Waals surface area contributed by atoms with Crippen LogP contribution in [0, 0.1) is 0 Å². The van der Waals surface area contributed by atoms with Crippen molar-refractivity contribution in [2.24, 2.45) is 20.5 Å². The predicted molar refractivity (Wildman–Crippen MR) is 177 cm³/mol. The smallest absolute Gasteiger partial charge is 0.338 e. The number of benzene rings is 2. The number of nitrogens with one attached hydrogen (secondary N) is 2. The molecule has 0 saturated carbocycles. The number of rotatable bonds is 11. The summed E-state index contributed by atoms with van der Waals surface area (Å²) in [5.41, 5.74) is 2.65. The number of hydrogen-bond acceptors (Lipinski definition) is 12. The van der Waals surface area contributed by atoms with Gasteiger partial charge in [0.25, 0.3) is 0 Å². The van der Waals surface area contributed by atoms with E-state index in [0.717, 1.165) is 0 Å². The summed E-state index contributed by atoms with van der Waals surface area (Å²) in [6.07, 6.45) is 3.17. The van der Waals surface area contributed by atoms with E-state index in [0.29, 0.717) is 34.4 Å². The van der Waals surface area contributed by atoms with Gasteiger partial charge in [-0.05, 0) is 72.8 Å². The van der Waals surface area contributed by atoms with Gasteiger partial charge in [0.05, 0.1) is 11.1 Å². The largest absolute Gasteiger partial charge is 0.458 e. The summed E-state index contributed by atoms with van der Waals surface area (Å²) in [6, 6.07) is 21.2. The molecule has 6 rings (SSSR count). The molecule has 16 heteroatoms. The van der Waals surface area contributed by atoms with Gasteiger partial charge in [-0.2, -0.15) is 10.2 Å². The maximum atomic E-state index is 13.0. The van der Waals surface area contributed by atoms with E-state index in [9.17, 15) is 19.2 Å². The maximum absolute atomic E-state index is 13.0. The zero-order valence-electron chi connectivity index (χ0n) is 26.8. The second-order valence-electron chi connectivity index (χ2n) is 10.9. The Labute approximate surface area is 284 Å². The molecule has 0 bridgehead atoms. The van der Waals surface area contributed by atoms with E-state index in [-0.39, 0.29) is 36.2 Å². The highest BCUT2D eigenvalue weighted by Gasteiger charge is 2.42. The van der Waals surface area contributed by atoms with Gasteiger partial charge in [0.2, 0.25) is 23.5 Å². The number of carbonyl (C=O) groups is 4. The Morgan fingerprint density at radius 2 is 1.04 bits per heavy atom. The summed E-state index contributed by atoms with van der Waals surface area (Å²) in [4.78, 5) is 59.2. The molecule has 2 aliphatic rings. The Morgan fingerprint density at radius 1 is 0.640 bits per heavy atom. The number of anilines is 2. The Balaban J connectivity index is 0.955. The van der Waals surface area contributed by atoms with E-state index in [2.05, 4.69) is 40.6 Å². The number of nitrogens with zero attached hydrogens (tertiary/aromatic N) is 8. The molecule has 2 N–H and O–H groups in total. The number of aromatic nitrogens is 2. The van der Waals surface area contributed by atoms with Gasteiger partial charge in [0.15, 0.2) is 11.6 Å². The number of azo groups is 2. The molecular formula is C34H30N10O6+2. The number of hydrazine groups is 2. The van der Waals surface area contributed by atoms with Crippen molar-refractivity contribution in [1.29, 1.82) is 0 Å². The molecule has 2 aliphatic heterocycles. The van der Waals surface area contributed by atoms with Gasteiger partial charge in [0, 0.05) is 26.2 Å². The fraction of sp³-hybridized carbons (Fsp3) is 0.176. The predicted octanol–water partition coefficient (Wildman–Crippen LogP) is 1.40. The average Bonchev–Trinajstić information content (AvgIpc) is 3.60. The van der Waals surface area contributed by atoms with Crippen molar-refractivity contribution >= 4 is 58.2 Å². The molecule has 50 heavy (non-hydrogen) atoms. The fourth-order valence-corrected chi connectivity index (χ4v) is 4.84. The van der Waals surface area contributed by atoms with Gasteiger partial charge in [-0.15, -0.1) is 20.4 Å².